The van der Waals surface area contributed by atoms with Gasteiger partial charge in [-0.2, -0.15) is 0 Å². The lowest BCUT2D eigenvalue weighted by Gasteiger charge is -2.15. The molecule has 1 aromatic heterocycles. The summed E-state index contributed by atoms with van der Waals surface area (Å²) in [6.07, 6.45) is 4.44. The lowest BCUT2D eigenvalue weighted by molar-refractivity contribution is -0.127. The van der Waals surface area contributed by atoms with Crippen molar-refractivity contribution in [3.05, 3.63) is 42.2 Å². The quantitative estimate of drug-likeness (QED) is 0.781. The van der Waals surface area contributed by atoms with Crippen molar-refractivity contribution >= 4 is 22.5 Å². The number of pyridine rings is 1. The topological polar surface area (TPSA) is 50.3 Å². The molecule has 4 heteroatoms. The Morgan fingerprint density at radius 2 is 2.11 bits per heavy atom. The Kier molecular flexibility index (Phi) is 2.99. The molecule has 1 aromatic carbocycles. The smallest absolute Gasteiger partial charge is 0.230 e. The van der Waals surface area contributed by atoms with Crippen molar-refractivity contribution in [2.45, 2.75) is 12.8 Å². The van der Waals surface area contributed by atoms with Crippen LogP contribution in [0.15, 0.2) is 36.7 Å². The van der Waals surface area contributed by atoms with Crippen molar-refractivity contribution in [3.63, 3.8) is 0 Å². The van der Waals surface area contributed by atoms with Gasteiger partial charge in [-0.15, -0.1) is 0 Å². The van der Waals surface area contributed by atoms with E-state index in [9.17, 15) is 9.59 Å². The SMILES string of the molecule is O=C1CC(=O)N(CCc2cccc3cnccc23)C1. The predicted octanol–water partition coefficient (Wildman–Crippen LogP) is 1.58. The number of hydrogen-bond donors (Lipinski definition) is 0. The first kappa shape index (κ1) is 11.8. The van der Waals surface area contributed by atoms with E-state index in [0.717, 1.165) is 17.2 Å². The molecule has 0 saturated carbocycles. The average Bonchev–Trinajstić information content (AvgIpc) is 2.74. The van der Waals surface area contributed by atoms with Crippen LogP contribution in [0.2, 0.25) is 0 Å². The second kappa shape index (κ2) is 4.80. The third-order valence-electron chi connectivity index (χ3n) is 3.49. The van der Waals surface area contributed by atoms with Gasteiger partial charge in [-0.05, 0) is 23.4 Å². The van der Waals surface area contributed by atoms with E-state index < -0.39 is 0 Å². The molecule has 0 aliphatic carbocycles. The molecule has 96 valence electrons. The van der Waals surface area contributed by atoms with E-state index in [0.29, 0.717) is 6.54 Å². The van der Waals surface area contributed by atoms with Gasteiger partial charge in [0, 0.05) is 24.3 Å². The number of hydrogen-bond acceptors (Lipinski definition) is 3. The molecular formula is C15H14N2O2. The fourth-order valence-electron chi connectivity index (χ4n) is 2.50. The number of Topliss-reactive ketones (excluding diaryl/α,β-unsaturated/α-hetero) is 1. The van der Waals surface area contributed by atoms with Gasteiger partial charge in [0.25, 0.3) is 0 Å². The van der Waals surface area contributed by atoms with Gasteiger partial charge in [-0.1, -0.05) is 18.2 Å². The molecule has 1 saturated heterocycles. The van der Waals surface area contributed by atoms with Gasteiger partial charge in [-0.25, -0.2) is 0 Å². The molecule has 0 spiro atoms. The molecule has 1 amide bonds. The number of aromatic nitrogens is 1. The Bertz CT molecular complexity index is 646. The van der Waals surface area contributed by atoms with Crippen molar-refractivity contribution in [2.24, 2.45) is 0 Å². The number of ketones is 1. The van der Waals surface area contributed by atoms with Crippen molar-refractivity contribution in [3.8, 4) is 0 Å². The minimum atomic E-state index is -0.0492. The van der Waals surface area contributed by atoms with Crippen LogP contribution in [0.3, 0.4) is 0 Å². The van der Waals surface area contributed by atoms with Crippen LogP contribution < -0.4 is 0 Å². The van der Waals surface area contributed by atoms with Gasteiger partial charge in [0.2, 0.25) is 5.91 Å². The molecule has 0 radical (unpaired) electrons. The molecule has 0 unspecified atom stereocenters. The molecule has 4 nitrogen and oxygen atoms in total. The Morgan fingerprint density at radius 1 is 1.21 bits per heavy atom. The summed E-state index contributed by atoms with van der Waals surface area (Å²) < 4.78 is 0. The third kappa shape index (κ3) is 2.34. The Morgan fingerprint density at radius 3 is 2.89 bits per heavy atom. The van der Waals surface area contributed by atoms with Crippen LogP contribution >= 0.6 is 0 Å². The number of nitrogens with zero attached hydrogens (tertiary/aromatic N) is 2. The number of amides is 1. The summed E-state index contributed by atoms with van der Waals surface area (Å²) in [4.78, 5) is 28.5. The molecule has 1 fully saturated rings. The summed E-state index contributed by atoms with van der Waals surface area (Å²) in [6, 6.07) is 8.07. The number of benzene rings is 1. The first-order valence-corrected chi connectivity index (χ1v) is 6.35. The van der Waals surface area contributed by atoms with E-state index in [-0.39, 0.29) is 24.7 Å². The van der Waals surface area contributed by atoms with Crippen molar-refractivity contribution in [1.82, 2.24) is 9.88 Å². The van der Waals surface area contributed by atoms with Crippen molar-refractivity contribution < 1.29 is 9.59 Å². The molecule has 0 N–H and O–H groups in total. The van der Waals surface area contributed by atoms with Crippen LogP contribution in [0.4, 0.5) is 0 Å². The predicted molar refractivity (Wildman–Crippen MR) is 71.7 cm³/mol. The van der Waals surface area contributed by atoms with E-state index >= 15 is 0 Å². The first-order chi connectivity index (χ1) is 9.24. The van der Waals surface area contributed by atoms with E-state index in [1.165, 1.54) is 5.56 Å². The summed E-state index contributed by atoms with van der Waals surface area (Å²) >= 11 is 0. The van der Waals surface area contributed by atoms with Crippen LogP contribution in [0.25, 0.3) is 10.8 Å². The van der Waals surface area contributed by atoms with E-state index in [4.69, 9.17) is 0 Å². The zero-order chi connectivity index (χ0) is 13.2. The van der Waals surface area contributed by atoms with E-state index in [1.54, 1.807) is 11.1 Å². The minimum absolute atomic E-state index is 0.0205. The zero-order valence-electron chi connectivity index (χ0n) is 10.5. The molecule has 3 rings (SSSR count). The monoisotopic (exact) mass is 254 g/mol. The molecule has 19 heavy (non-hydrogen) atoms. The van der Waals surface area contributed by atoms with Crippen LogP contribution in [-0.2, 0) is 16.0 Å². The van der Waals surface area contributed by atoms with Crippen LogP contribution in [-0.4, -0.2) is 34.7 Å². The normalized spacial score (nSPS) is 15.5. The van der Waals surface area contributed by atoms with Gasteiger partial charge in [-0.3, -0.25) is 14.6 Å². The lowest BCUT2D eigenvalue weighted by Crippen LogP contribution is -2.27. The maximum Gasteiger partial charge on any atom is 0.230 e. The molecule has 1 aliphatic rings. The fourth-order valence-corrected chi connectivity index (χ4v) is 2.50. The third-order valence-corrected chi connectivity index (χ3v) is 3.49. The zero-order valence-corrected chi connectivity index (χ0v) is 10.5. The van der Waals surface area contributed by atoms with Crippen molar-refractivity contribution in [1.29, 1.82) is 0 Å². The average molecular weight is 254 g/mol. The fraction of sp³-hybridized carbons (Fsp3) is 0.267. The maximum atomic E-state index is 11.6. The van der Waals surface area contributed by atoms with Gasteiger partial charge in [0.05, 0.1) is 13.0 Å². The van der Waals surface area contributed by atoms with Crippen LogP contribution in [0, 0.1) is 0 Å². The Hall–Kier alpha value is -2.23. The minimum Gasteiger partial charge on any atom is -0.335 e. The second-order valence-corrected chi connectivity index (χ2v) is 4.79. The van der Waals surface area contributed by atoms with Gasteiger partial charge >= 0.3 is 0 Å². The molecular weight excluding hydrogens is 240 g/mol. The summed E-state index contributed by atoms with van der Waals surface area (Å²) in [5, 5.41) is 2.26. The number of fused-ring (bicyclic) bond motifs is 1. The molecule has 0 atom stereocenters. The molecule has 2 heterocycles. The maximum absolute atomic E-state index is 11.6. The highest BCUT2D eigenvalue weighted by Gasteiger charge is 2.26. The number of carbonyl (C=O) groups excluding carboxylic acids is 2. The van der Waals surface area contributed by atoms with E-state index in [2.05, 4.69) is 11.1 Å². The number of likely N-dealkylation sites (tertiary alicyclic amines) is 1. The molecule has 1 aliphatic heterocycles. The van der Waals surface area contributed by atoms with Gasteiger partial charge < -0.3 is 4.90 Å². The standard InChI is InChI=1S/C15H14N2O2/c18-13-8-15(19)17(10-13)7-5-11-2-1-3-12-9-16-6-4-14(11)12/h1-4,6,9H,5,7-8,10H2. The highest BCUT2D eigenvalue weighted by Crippen LogP contribution is 2.18. The van der Waals surface area contributed by atoms with Gasteiger partial charge in [0.1, 0.15) is 0 Å². The van der Waals surface area contributed by atoms with Gasteiger partial charge in [0.15, 0.2) is 5.78 Å². The second-order valence-electron chi connectivity index (χ2n) is 4.79. The first-order valence-electron chi connectivity index (χ1n) is 6.35. The van der Waals surface area contributed by atoms with Crippen LogP contribution in [0.5, 0.6) is 0 Å². The van der Waals surface area contributed by atoms with E-state index in [1.807, 2.05) is 24.4 Å². The largest absolute Gasteiger partial charge is 0.335 e. The Balaban J connectivity index is 1.79. The summed E-state index contributed by atoms with van der Waals surface area (Å²) in [7, 11) is 0. The highest BCUT2D eigenvalue weighted by atomic mass is 16.2. The number of carbonyl (C=O) groups is 2. The summed E-state index contributed by atoms with van der Waals surface area (Å²) in [5.41, 5.74) is 1.19. The summed E-state index contributed by atoms with van der Waals surface area (Å²) in [6.45, 7) is 0.872. The van der Waals surface area contributed by atoms with Crippen molar-refractivity contribution in [2.75, 3.05) is 13.1 Å². The Labute approximate surface area is 111 Å². The molecule has 2 aromatic rings. The highest BCUT2D eigenvalue weighted by molar-refractivity contribution is 6.05. The summed E-state index contributed by atoms with van der Waals surface area (Å²) in [5.74, 6) is -0.0287. The molecule has 0 bridgehead atoms. The lowest BCUT2D eigenvalue weighted by atomic mass is 10.0. The number of rotatable bonds is 3. The van der Waals surface area contributed by atoms with Crippen LogP contribution in [0.1, 0.15) is 12.0 Å².